The van der Waals surface area contributed by atoms with Gasteiger partial charge in [0.15, 0.2) is 5.76 Å². The molecule has 0 bridgehead atoms. The Balaban J connectivity index is 1.67. The number of carbonyl (C=O) groups is 2. The van der Waals surface area contributed by atoms with Crippen LogP contribution in [0.15, 0.2) is 47.1 Å². The standard InChI is InChI=1S/C16H15N3O3/c17-10-12-3-5-13(6-4-12)11-19-15(20)7-8-18-16(21)14-2-1-9-22-14/h1-6,9H,7-8,11H2,(H,18,21)(H,19,20). The van der Waals surface area contributed by atoms with Crippen molar-refractivity contribution in [1.29, 1.82) is 5.26 Å². The molecule has 6 heteroatoms. The van der Waals surface area contributed by atoms with Crippen LogP contribution in [0.2, 0.25) is 0 Å². The molecule has 0 unspecified atom stereocenters. The van der Waals surface area contributed by atoms with Gasteiger partial charge in [-0.3, -0.25) is 9.59 Å². The first-order valence-electron chi connectivity index (χ1n) is 6.76. The van der Waals surface area contributed by atoms with Gasteiger partial charge in [-0.25, -0.2) is 0 Å². The Bertz CT molecular complexity index is 670. The monoisotopic (exact) mass is 297 g/mol. The van der Waals surface area contributed by atoms with Crippen LogP contribution in [-0.4, -0.2) is 18.4 Å². The lowest BCUT2D eigenvalue weighted by atomic mass is 10.1. The average molecular weight is 297 g/mol. The van der Waals surface area contributed by atoms with E-state index in [1.807, 2.05) is 6.07 Å². The minimum atomic E-state index is -0.343. The van der Waals surface area contributed by atoms with E-state index in [2.05, 4.69) is 10.6 Å². The number of nitriles is 1. The molecule has 2 aromatic rings. The number of carbonyl (C=O) groups excluding carboxylic acids is 2. The molecule has 0 saturated heterocycles. The smallest absolute Gasteiger partial charge is 0.286 e. The molecule has 0 spiro atoms. The van der Waals surface area contributed by atoms with Gasteiger partial charge in [-0.05, 0) is 29.8 Å². The molecule has 0 aliphatic carbocycles. The van der Waals surface area contributed by atoms with E-state index >= 15 is 0 Å². The van der Waals surface area contributed by atoms with Gasteiger partial charge >= 0.3 is 0 Å². The van der Waals surface area contributed by atoms with Crippen LogP contribution in [0, 0.1) is 11.3 Å². The van der Waals surface area contributed by atoms with Gasteiger partial charge in [0.1, 0.15) is 0 Å². The highest BCUT2D eigenvalue weighted by atomic mass is 16.3. The predicted octanol–water partition coefficient (Wildman–Crippen LogP) is 1.59. The van der Waals surface area contributed by atoms with E-state index in [4.69, 9.17) is 9.68 Å². The normalized spacial score (nSPS) is 9.77. The van der Waals surface area contributed by atoms with Crippen molar-refractivity contribution in [2.45, 2.75) is 13.0 Å². The summed E-state index contributed by atoms with van der Waals surface area (Å²) in [4.78, 5) is 23.2. The Kier molecular flexibility index (Phi) is 5.32. The van der Waals surface area contributed by atoms with Crippen LogP contribution in [0.1, 0.15) is 28.1 Å². The van der Waals surface area contributed by atoms with E-state index < -0.39 is 0 Å². The largest absolute Gasteiger partial charge is 0.459 e. The topological polar surface area (TPSA) is 95.1 Å². The summed E-state index contributed by atoms with van der Waals surface area (Å²) in [5.41, 5.74) is 1.49. The number of furan rings is 1. The molecule has 0 fully saturated rings. The Morgan fingerprint density at radius 2 is 1.91 bits per heavy atom. The van der Waals surface area contributed by atoms with Gasteiger partial charge in [0.25, 0.3) is 5.91 Å². The van der Waals surface area contributed by atoms with E-state index in [1.54, 1.807) is 36.4 Å². The molecule has 0 aliphatic rings. The summed E-state index contributed by atoms with van der Waals surface area (Å²) in [6.07, 6.45) is 1.60. The molecule has 1 aromatic heterocycles. The SMILES string of the molecule is N#Cc1ccc(CNC(=O)CCNC(=O)c2ccco2)cc1. The summed E-state index contributed by atoms with van der Waals surface area (Å²) >= 11 is 0. The van der Waals surface area contributed by atoms with Crippen LogP contribution >= 0.6 is 0 Å². The summed E-state index contributed by atoms with van der Waals surface area (Å²) in [6, 6.07) is 12.2. The summed E-state index contributed by atoms with van der Waals surface area (Å²) in [6.45, 7) is 0.620. The zero-order valence-electron chi connectivity index (χ0n) is 11.8. The minimum absolute atomic E-state index is 0.163. The Morgan fingerprint density at radius 3 is 2.55 bits per heavy atom. The van der Waals surface area contributed by atoms with Crippen molar-refractivity contribution in [3.63, 3.8) is 0 Å². The van der Waals surface area contributed by atoms with Crippen molar-refractivity contribution in [3.05, 3.63) is 59.5 Å². The first kappa shape index (κ1) is 15.3. The van der Waals surface area contributed by atoms with Gasteiger partial charge in [-0.1, -0.05) is 12.1 Å². The second-order valence-electron chi connectivity index (χ2n) is 4.57. The third kappa shape index (κ3) is 4.49. The van der Waals surface area contributed by atoms with Crippen LogP contribution in [0.25, 0.3) is 0 Å². The van der Waals surface area contributed by atoms with E-state index in [0.717, 1.165) is 5.56 Å². The molecule has 1 heterocycles. The maximum Gasteiger partial charge on any atom is 0.286 e. The van der Waals surface area contributed by atoms with Crippen molar-refractivity contribution < 1.29 is 14.0 Å². The highest BCUT2D eigenvalue weighted by Gasteiger charge is 2.08. The fourth-order valence-corrected chi connectivity index (χ4v) is 1.77. The zero-order valence-corrected chi connectivity index (χ0v) is 11.8. The molecule has 2 N–H and O–H groups in total. The summed E-state index contributed by atoms with van der Waals surface area (Å²) in [5.74, 6) is -0.285. The second kappa shape index (κ2) is 7.64. The van der Waals surface area contributed by atoms with Crippen LogP contribution in [0.4, 0.5) is 0 Å². The molecule has 1 aromatic carbocycles. The van der Waals surface area contributed by atoms with Crippen LogP contribution < -0.4 is 10.6 Å². The first-order chi connectivity index (χ1) is 10.7. The highest BCUT2D eigenvalue weighted by Crippen LogP contribution is 2.03. The number of nitrogens with zero attached hydrogens (tertiary/aromatic N) is 1. The summed E-state index contributed by atoms with van der Waals surface area (Å²) in [7, 11) is 0. The first-order valence-corrected chi connectivity index (χ1v) is 6.76. The lowest BCUT2D eigenvalue weighted by Gasteiger charge is -2.06. The highest BCUT2D eigenvalue weighted by molar-refractivity contribution is 5.91. The molecule has 0 radical (unpaired) electrons. The van der Waals surface area contributed by atoms with E-state index in [0.29, 0.717) is 12.1 Å². The predicted molar refractivity (Wildman–Crippen MR) is 78.7 cm³/mol. The third-order valence-electron chi connectivity index (χ3n) is 2.96. The second-order valence-corrected chi connectivity index (χ2v) is 4.57. The summed E-state index contributed by atoms with van der Waals surface area (Å²) in [5, 5.41) is 14.0. The summed E-state index contributed by atoms with van der Waals surface area (Å²) < 4.78 is 4.94. The quantitative estimate of drug-likeness (QED) is 0.846. The molecule has 2 amide bonds. The fourth-order valence-electron chi connectivity index (χ4n) is 1.77. The van der Waals surface area contributed by atoms with Crippen molar-refractivity contribution in [2.75, 3.05) is 6.54 Å². The van der Waals surface area contributed by atoms with Gasteiger partial charge in [0.05, 0.1) is 17.9 Å². The van der Waals surface area contributed by atoms with Gasteiger partial charge in [0, 0.05) is 19.5 Å². The Hall–Kier alpha value is -3.07. The Labute approximate surface area is 127 Å². The van der Waals surface area contributed by atoms with Crippen molar-refractivity contribution in [3.8, 4) is 6.07 Å². The van der Waals surface area contributed by atoms with Crippen molar-refractivity contribution in [1.82, 2.24) is 10.6 Å². The number of nitrogens with one attached hydrogen (secondary N) is 2. The lowest BCUT2D eigenvalue weighted by molar-refractivity contribution is -0.121. The van der Waals surface area contributed by atoms with Gasteiger partial charge in [-0.2, -0.15) is 5.26 Å². The fraction of sp³-hybridized carbons (Fsp3) is 0.188. The molecule has 6 nitrogen and oxygen atoms in total. The van der Waals surface area contributed by atoms with Gasteiger partial charge in [-0.15, -0.1) is 0 Å². The molecular formula is C16H15N3O3. The maximum absolute atomic E-state index is 11.7. The number of benzene rings is 1. The molecular weight excluding hydrogens is 282 g/mol. The third-order valence-corrected chi connectivity index (χ3v) is 2.96. The average Bonchev–Trinajstić information content (AvgIpc) is 3.08. The van der Waals surface area contributed by atoms with Crippen molar-refractivity contribution in [2.24, 2.45) is 0 Å². The van der Waals surface area contributed by atoms with Crippen molar-refractivity contribution >= 4 is 11.8 Å². The van der Waals surface area contributed by atoms with Crippen LogP contribution in [0.3, 0.4) is 0 Å². The van der Waals surface area contributed by atoms with Gasteiger partial charge < -0.3 is 15.1 Å². The lowest BCUT2D eigenvalue weighted by Crippen LogP contribution is -2.30. The number of amides is 2. The van der Waals surface area contributed by atoms with E-state index in [1.165, 1.54) is 6.26 Å². The number of hydrogen-bond acceptors (Lipinski definition) is 4. The Morgan fingerprint density at radius 1 is 1.14 bits per heavy atom. The molecule has 22 heavy (non-hydrogen) atoms. The number of hydrogen-bond donors (Lipinski definition) is 2. The molecule has 112 valence electrons. The molecule has 2 rings (SSSR count). The van der Waals surface area contributed by atoms with E-state index in [9.17, 15) is 9.59 Å². The minimum Gasteiger partial charge on any atom is -0.459 e. The maximum atomic E-state index is 11.7. The number of rotatable bonds is 6. The van der Waals surface area contributed by atoms with Crippen LogP contribution in [-0.2, 0) is 11.3 Å². The molecule has 0 saturated carbocycles. The molecule has 0 aliphatic heterocycles. The van der Waals surface area contributed by atoms with Gasteiger partial charge in [0.2, 0.25) is 5.91 Å². The van der Waals surface area contributed by atoms with Crippen LogP contribution in [0.5, 0.6) is 0 Å². The van der Waals surface area contributed by atoms with E-state index in [-0.39, 0.29) is 30.5 Å². The molecule has 0 atom stereocenters. The zero-order chi connectivity index (χ0) is 15.8.